The number of rotatable bonds is 3. The molecule has 0 amide bonds. The molecule has 0 fully saturated rings. The second kappa shape index (κ2) is 4.33. The van der Waals surface area contributed by atoms with Crippen molar-refractivity contribution in [1.29, 1.82) is 0 Å². The summed E-state index contributed by atoms with van der Waals surface area (Å²) in [6, 6.07) is 5.49. The number of ketones is 1. The fourth-order valence-corrected chi connectivity index (χ4v) is 1.60. The maximum atomic E-state index is 11.1. The van der Waals surface area contributed by atoms with Gasteiger partial charge in [-0.2, -0.15) is 0 Å². The predicted octanol–water partition coefficient (Wildman–Crippen LogP) is 2.62. The number of carbonyl (C=O) groups is 1. The molecule has 2 nitrogen and oxygen atoms in total. The van der Waals surface area contributed by atoms with E-state index in [0.717, 1.165) is 10.6 Å². The van der Waals surface area contributed by atoms with Crippen LogP contribution in [0.15, 0.2) is 23.1 Å². The van der Waals surface area contributed by atoms with E-state index < -0.39 is 0 Å². The van der Waals surface area contributed by atoms with E-state index in [0.29, 0.717) is 5.56 Å². The molecule has 1 aromatic carbocycles. The Bertz CT molecular complexity index is 321. The zero-order chi connectivity index (χ0) is 9.84. The highest BCUT2D eigenvalue weighted by Gasteiger charge is 2.05. The van der Waals surface area contributed by atoms with E-state index in [-0.39, 0.29) is 5.78 Å². The van der Waals surface area contributed by atoms with Crippen LogP contribution in [0.3, 0.4) is 0 Å². The van der Waals surface area contributed by atoms with E-state index in [1.54, 1.807) is 31.9 Å². The Morgan fingerprint density at radius 2 is 2.15 bits per heavy atom. The minimum atomic E-state index is 0.0611. The third-order valence-electron chi connectivity index (χ3n) is 1.79. The summed E-state index contributed by atoms with van der Waals surface area (Å²) in [5.74, 6) is 0.825. The van der Waals surface area contributed by atoms with Crippen molar-refractivity contribution in [3.8, 4) is 5.75 Å². The van der Waals surface area contributed by atoms with Gasteiger partial charge >= 0.3 is 0 Å². The van der Waals surface area contributed by atoms with Crippen molar-refractivity contribution >= 4 is 17.5 Å². The van der Waals surface area contributed by atoms with Crippen LogP contribution in [0.2, 0.25) is 0 Å². The first kappa shape index (κ1) is 10.1. The first-order chi connectivity index (χ1) is 6.19. The number of benzene rings is 1. The van der Waals surface area contributed by atoms with Gasteiger partial charge in [-0.15, -0.1) is 11.8 Å². The van der Waals surface area contributed by atoms with E-state index in [9.17, 15) is 4.79 Å². The number of hydrogen-bond donors (Lipinski definition) is 0. The predicted molar refractivity (Wildman–Crippen MR) is 54.8 cm³/mol. The van der Waals surface area contributed by atoms with Crippen molar-refractivity contribution in [1.82, 2.24) is 0 Å². The number of thioether (sulfide) groups is 1. The Hall–Kier alpha value is -0.960. The molecule has 0 N–H and O–H groups in total. The molecule has 0 saturated heterocycles. The fraction of sp³-hybridized carbons (Fsp3) is 0.300. The third-order valence-corrected chi connectivity index (χ3v) is 2.57. The molecule has 0 unspecified atom stereocenters. The number of carbonyl (C=O) groups excluding carboxylic acids is 1. The van der Waals surface area contributed by atoms with Gasteiger partial charge in [0.25, 0.3) is 0 Å². The van der Waals surface area contributed by atoms with Gasteiger partial charge < -0.3 is 4.74 Å². The quantitative estimate of drug-likeness (QED) is 0.549. The summed E-state index contributed by atoms with van der Waals surface area (Å²) in [6.45, 7) is 1.55. The van der Waals surface area contributed by atoms with Crippen LogP contribution in [0.4, 0.5) is 0 Å². The summed E-state index contributed by atoms with van der Waals surface area (Å²) < 4.78 is 5.15. The lowest BCUT2D eigenvalue weighted by Gasteiger charge is -2.06. The Labute approximate surface area is 82.3 Å². The van der Waals surface area contributed by atoms with Gasteiger partial charge in [0.1, 0.15) is 5.75 Å². The first-order valence-electron chi connectivity index (χ1n) is 3.92. The zero-order valence-electron chi connectivity index (χ0n) is 7.96. The van der Waals surface area contributed by atoms with E-state index in [1.807, 2.05) is 18.4 Å². The van der Waals surface area contributed by atoms with Crippen molar-refractivity contribution in [3.63, 3.8) is 0 Å². The van der Waals surface area contributed by atoms with Crippen LogP contribution in [0.25, 0.3) is 0 Å². The van der Waals surface area contributed by atoms with Crippen LogP contribution in [0.1, 0.15) is 17.3 Å². The largest absolute Gasteiger partial charge is 0.496 e. The van der Waals surface area contributed by atoms with E-state index in [4.69, 9.17) is 4.74 Å². The highest BCUT2D eigenvalue weighted by Crippen LogP contribution is 2.28. The van der Waals surface area contributed by atoms with Gasteiger partial charge in [0.05, 0.1) is 7.11 Å². The van der Waals surface area contributed by atoms with Crippen LogP contribution in [0.5, 0.6) is 5.75 Å². The van der Waals surface area contributed by atoms with Crippen LogP contribution >= 0.6 is 11.8 Å². The van der Waals surface area contributed by atoms with Crippen molar-refractivity contribution in [3.05, 3.63) is 23.8 Å². The van der Waals surface area contributed by atoms with Gasteiger partial charge in [-0.3, -0.25) is 4.79 Å². The standard InChI is InChI=1S/C10H12O2S/c1-7(11)8-4-5-10(13-3)9(6-8)12-2/h4-6H,1-3H3. The van der Waals surface area contributed by atoms with Crippen LogP contribution in [-0.4, -0.2) is 19.1 Å². The number of Topliss-reactive ketones (excluding diaryl/α,β-unsaturated/α-hetero) is 1. The number of methoxy groups -OCH3 is 1. The average Bonchev–Trinajstić information content (AvgIpc) is 2.16. The first-order valence-corrected chi connectivity index (χ1v) is 5.14. The molecule has 3 heteroatoms. The molecule has 0 spiro atoms. The molecule has 1 aromatic rings. The number of ether oxygens (including phenoxy) is 1. The normalized spacial score (nSPS) is 9.77. The second-order valence-electron chi connectivity index (χ2n) is 2.63. The third kappa shape index (κ3) is 2.25. The summed E-state index contributed by atoms with van der Waals surface area (Å²) >= 11 is 1.60. The Morgan fingerprint density at radius 3 is 2.62 bits per heavy atom. The van der Waals surface area contributed by atoms with E-state index in [1.165, 1.54) is 0 Å². The lowest BCUT2D eigenvalue weighted by Crippen LogP contribution is -1.94. The zero-order valence-corrected chi connectivity index (χ0v) is 8.77. The maximum Gasteiger partial charge on any atom is 0.159 e. The summed E-state index contributed by atoms with van der Waals surface area (Å²) in [7, 11) is 1.61. The lowest BCUT2D eigenvalue weighted by atomic mass is 10.1. The molecule has 0 heterocycles. The molecule has 0 radical (unpaired) electrons. The summed E-state index contributed by atoms with van der Waals surface area (Å²) in [4.78, 5) is 12.1. The van der Waals surface area contributed by atoms with Gasteiger partial charge in [0, 0.05) is 10.5 Å². The molecule has 0 atom stereocenters. The molecule has 0 bridgehead atoms. The Kier molecular flexibility index (Phi) is 3.37. The highest BCUT2D eigenvalue weighted by atomic mass is 32.2. The fourth-order valence-electron chi connectivity index (χ4n) is 1.06. The van der Waals surface area contributed by atoms with Crippen LogP contribution in [0, 0.1) is 0 Å². The SMILES string of the molecule is COc1cc(C(C)=O)ccc1SC. The maximum absolute atomic E-state index is 11.1. The summed E-state index contributed by atoms with van der Waals surface area (Å²) in [5, 5.41) is 0. The van der Waals surface area contributed by atoms with Crippen LogP contribution in [-0.2, 0) is 0 Å². The van der Waals surface area contributed by atoms with E-state index in [2.05, 4.69) is 0 Å². The average molecular weight is 196 g/mol. The smallest absolute Gasteiger partial charge is 0.159 e. The summed E-state index contributed by atoms with van der Waals surface area (Å²) in [5.41, 5.74) is 0.689. The minimum Gasteiger partial charge on any atom is -0.496 e. The van der Waals surface area contributed by atoms with Crippen molar-refractivity contribution in [2.24, 2.45) is 0 Å². The molecule has 0 aliphatic rings. The van der Waals surface area contributed by atoms with Gasteiger partial charge in [-0.05, 0) is 25.3 Å². The molecule has 13 heavy (non-hydrogen) atoms. The van der Waals surface area contributed by atoms with E-state index >= 15 is 0 Å². The molecule has 0 aliphatic carbocycles. The molecule has 0 aromatic heterocycles. The molecule has 70 valence electrons. The number of hydrogen-bond acceptors (Lipinski definition) is 3. The van der Waals surface area contributed by atoms with Gasteiger partial charge in [-0.1, -0.05) is 6.07 Å². The molecule has 0 aliphatic heterocycles. The summed E-state index contributed by atoms with van der Waals surface area (Å²) in [6.07, 6.45) is 1.98. The Balaban J connectivity index is 3.13. The second-order valence-corrected chi connectivity index (χ2v) is 3.47. The van der Waals surface area contributed by atoms with Gasteiger partial charge in [-0.25, -0.2) is 0 Å². The Morgan fingerprint density at radius 1 is 1.46 bits per heavy atom. The van der Waals surface area contributed by atoms with Crippen molar-refractivity contribution in [2.45, 2.75) is 11.8 Å². The highest BCUT2D eigenvalue weighted by molar-refractivity contribution is 7.98. The van der Waals surface area contributed by atoms with Gasteiger partial charge in [0.2, 0.25) is 0 Å². The minimum absolute atomic E-state index is 0.0611. The topological polar surface area (TPSA) is 26.3 Å². The molecule has 1 rings (SSSR count). The lowest BCUT2D eigenvalue weighted by molar-refractivity contribution is 0.101. The van der Waals surface area contributed by atoms with Crippen molar-refractivity contribution < 1.29 is 9.53 Å². The van der Waals surface area contributed by atoms with Crippen molar-refractivity contribution in [2.75, 3.05) is 13.4 Å². The monoisotopic (exact) mass is 196 g/mol. The molecular weight excluding hydrogens is 184 g/mol. The molecule has 0 saturated carbocycles. The molecular formula is C10H12O2S. The van der Waals surface area contributed by atoms with Gasteiger partial charge in [0.15, 0.2) is 5.78 Å². The van der Waals surface area contributed by atoms with Crippen LogP contribution < -0.4 is 4.74 Å².